The van der Waals surface area contributed by atoms with Crippen molar-refractivity contribution in [2.75, 3.05) is 0 Å². The van der Waals surface area contributed by atoms with Gasteiger partial charge in [-0.15, -0.1) is 4.72 Å². The van der Waals surface area contributed by atoms with Crippen molar-refractivity contribution in [3.05, 3.63) is 83.7 Å². The second-order valence-electron chi connectivity index (χ2n) is 8.88. The van der Waals surface area contributed by atoms with Crippen LogP contribution in [0.15, 0.2) is 71.3 Å². The average Bonchev–Trinajstić information content (AvgIpc) is 3.22. The summed E-state index contributed by atoms with van der Waals surface area (Å²) in [6.07, 6.45) is -4.46. The number of alkyl halides is 3. The van der Waals surface area contributed by atoms with E-state index in [1.807, 2.05) is 69.3 Å². The van der Waals surface area contributed by atoms with Gasteiger partial charge >= 0.3 is 6.18 Å². The lowest BCUT2D eigenvalue weighted by atomic mass is 9.94. The predicted octanol–water partition coefficient (Wildman–Crippen LogP) is 6.24. The third-order valence-electron chi connectivity index (χ3n) is 5.28. The summed E-state index contributed by atoms with van der Waals surface area (Å²) in [5.74, 6) is 0. The summed E-state index contributed by atoms with van der Waals surface area (Å²) in [5, 5.41) is 5.06. The van der Waals surface area contributed by atoms with Crippen molar-refractivity contribution in [2.45, 2.75) is 44.2 Å². The molecule has 0 aliphatic heterocycles. The molecule has 0 saturated carbocycles. The molecule has 0 aliphatic rings. The summed E-state index contributed by atoms with van der Waals surface area (Å²) >= 11 is -1.49. The summed E-state index contributed by atoms with van der Waals surface area (Å²) in [4.78, 5) is 3.82. The van der Waals surface area contributed by atoms with E-state index in [4.69, 9.17) is 4.52 Å². The molecule has 0 amide bonds. The lowest BCUT2D eigenvalue weighted by Gasteiger charge is -2.29. The molecule has 34 heavy (non-hydrogen) atoms. The van der Waals surface area contributed by atoms with Crippen LogP contribution >= 0.6 is 0 Å². The van der Waals surface area contributed by atoms with E-state index in [0.29, 0.717) is 11.3 Å². The molecule has 2 atom stereocenters. The normalized spacial score (nSPS) is 14.3. The maximum absolute atomic E-state index is 13.2. The van der Waals surface area contributed by atoms with Crippen LogP contribution < -0.4 is 4.72 Å². The van der Waals surface area contributed by atoms with Crippen molar-refractivity contribution in [3.8, 4) is 11.3 Å². The summed E-state index contributed by atoms with van der Waals surface area (Å²) in [5.41, 5.74) is 1.97. The standard InChI is InChI=1S/C25H24F3N3O2S/c1-24(2,3)34(32)31-20(15-16-9-8-14-22(29-16)25(26,27)28)17-10-4-5-11-18(17)23-19-12-6-7-13-21(19)33-30-23/h4-14,20,31H,15H2,1-3H3. The van der Waals surface area contributed by atoms with E-state index in [1.165, 1.54) is 12.1 Å². The fourth-order valence-electron chi connectivity index (χ4n) is 3.58. The molecule has 0 spiro atoms. The van der Waals surface area contributed by atoms with Gasteiger partial charge in [-0.25, -0.2) is 4.98 Å². The Labute approximate surface area is 198 Å². The van der Waals surface area contributed by atoms with E-state index in [9.17, 15) is 17.7 Å². The van der Waals surface area contributed by atoms with Crippen molar-refractivity contribution in [2.24, 2.45) is 0 Å². The van der Waals surface area contributed by atoms with E-state index in [1.54, 1.807) is 0 Å². The molecule has 0 radical (unpaired) electrons. The molecule has 2 unspecified atom stereocenters. The highest BCUT2D eigenvalue weighted by Gasteiger charge is 2.34. The molecule has 178 valence electrons. The van der Waals surface area contributed by atoms with E-state index in [-0.39, 0.29) is 12.1 Å². The number of hydrogen-bond acceptors (Lipinski definition) is 5. The van der Waals surface area contributed by atoms with E-state index < -0.39 is 34.0 Å². The minimum absolute atomic E-state index is 0.0958. The van der Waals surface area contributed by atoms with Crippen LogP contribution in [0, 0.1) is 0 Å². The highest BCUT2D eigenvalue weighted by Crippen LogP contribution is 2.35. The zero-order valence-corrected chi connectivity index (χ0v) is 19.7. The molecule has 2 heterocycles. The molecular formula is C25H24F3N3O2S. The summed E-state index contributed by atoms with van der Waals surface area (Å²) < 4.78 is 60.8. The van der Waals surface area contributed by atoms with Crippen molar-refractivity contribution in [1.29, 1.82) is 0 Å². The first-order chi connectivity index (χ1) is 16.0. The van der Waals surface area contributed by atoms with E-state index >= 15 is 0 Å². The quantitative estimate of drug-likeness (QED) is 0.326. The molecule has 0 fully saturated rings. The SMILES string of the molecule is CC(C)(C)[S+]([O-])NC(Cc1cccc(C(F)(F)F)n1)c1ccccc1-c1noc2ccccc12. The van der Waals surface area contributed by atoms with Gasteiger partial charge in [0.1, 0.15) is 16.1 Å². The Kier molecular flexibility index (Phi) is 6.71. The number of pyridine rings is 1. The largest absolute Gasteiger partial charge is 0.598 e. The van der Waals surface area contributed by atoms with Crippen LogP contribution in [0.1, 0.15) is 43.8 Å². The molecule has 4 rings (SSSR count). The zero-order chi connectivity index (χ0) is 24.5. The van der Waals surface area contributed by atoms with Crippen LogP contribution in [0.5, 0.6) is 0 Å². The molecule has 4 aromatic rings. The highest BCUT2D eigenvalue weighted by atomic mass is 32.2. The number of aromatic nitrogens is 2. The number of benzene rings is 2. The maximum Gasteiger partial charge on any atom is 0.433 e. The third-order valence-corrected chi connectivity index (χ3v) is 6.90. The van der Waals surface area contributed by atoms with Gasteiger partial charge in [0.25, 0.3) is 0 Å². The van der Waals surface area contributed by atoms with Crippen LogP contribution in [0.3, 0.4) is 0 Å². The fraction of sp³-hybridized carbons (Fsp3) is 0.280. The molecule has 9 heteroatoms. The first-order valence-corrected chi connectivity index (χ1v) is 11.8. The van der Waals surface area contributed by atoms with E-state index in [0.717, 1.165) is 22.6 Å². The second-order valence-corrected chi connectivity index (χ2v) is 10.9. The molecule has 0 bridgehead atoms. The molecular weight excluding hydrogens is 463 g/mol. The van der Waals surface area contributed by atoms with E-state index in [2.05, 4.69) is 14.9 Å². The third kappa shape index (κ3) is 5.27. The Morgan fingerprint density at radius 3 is 2.41 bits per heavy atom. The number of fused-ring (bicyclic) bond motifs is 1. The van der Waals surface area contributed by atoms with Crippen molar-refractivity contribution in [3.63, 3.8) is 0 Å². The van der Waals surface area contributed by atoms with Gasteiger partial charge in [-0.2, -0.15) is 13.2 Å². The van der Waals surface area contributed by atoms with Crippen LogP contribution in [0.25, 0.3) is 22.2 Å². The first-order valence-electron chi connectivity index (χ1n) is 10.7. The minimum Gasteiger partial charge on any atom is -0.598 e. The lowest BCUT2D eigenvalue weighted by molar-refractivity contribution is -0.141. The Bertz CT molecular complexity index is 1280. The molecule has 2 aromatic heterocycles. The molecule has 5 nitrogen and oxygen atoms in total. The molecule has 0 aliphatic carbocycles. The van der Waals surface area contributed by atoms with Gasteiger partial charge in [0, 0.05) is 34.4 Å². The second kappa shape index (κ2) is 9.40. The first kappa shape index (κ1) is 24.3. The summed E-state index contributed by atoms with van der Waals surface area (Å²) in [6.45, 7) is 5.48. The molecule has 1 N–H and O–H groups in total. The zero-order valence-electron chi connectivity index (χ0n) is 18.9. The van der Waals surface area contributed by atoms with Gasteiger partial charge in [0.2, 0.25) is 0 Å². The Balaban J connectivity index is 1.79. The Morgan fingerprint density at radius 2 is 1.68 bits per heavy atom. The monoisotopic (exact) mass is 487 g/mol. The number of nitrogens with zero attached hydrogens (tertiary/aromatic N) is 2. The number of hydrogen-bond donors (Lipinski definition) is 1. The minimum atomic E-state index is -4.55. The maximum atomic E-state index is 13.2. The smallest absolute Gasteiger partial charge is 0.433 e. The van der Waals surface area contributed by atoms with Gasteiger partial charge < -0.3 is 9.08 Å². The predicted molar refractivity (Wildman–Crippen MR) is 126 cm³/mol. The lowest BCUT2D eigenvalue weighted by Crippen LogP contribution is -2.42. The van der Waals surface area contributed by atoms with Crippen LogP contribution in [-0.2, 0) is 24.0 Å². The number of nitrogens with one attached hydrogen (secondary N) is 1. The molecule has 2 aromatic carbocycles. The van der Waals surface area contributed by atoms with Crippen LogP contribution in [0.4, 0.5) is 13.2 Å². The number of halogens is 3. The highest BCUT2D eigenvalue weighted by molar-refractivity contribution is 7.90. The topological polar surface area (TPSA) is 74.0 Å². The Morgan fingerprint density at radius 1 is 0.971 bits per heavy atom. The number of rotatable bonds is 6. The van der Waals surface area contributed by atoms with Crippen molar-refractivity contribution in [1.82, 2.24) is 14.9 Å². The fourth-order valence-corrected chi connectivity index (χ4v) is 4.40. The van der Waals surface area contributed by atoms with Crippen molar-refractivity contribution < 1.29 is 22.2 Å². The van der Waals surface area contributed by atoms with Gasteiger partial charge in [-0.05, 0) is 50.6 Å². The van der Waals surface area contributed by atoms with Gasteiger partial charge in [-0.3, -0.25) is 0 Å². The van der Waals surface area contributed by atoms with Gasteiger partial charge in [0.15, 0.2) is 5.58 Å². The summed E-state index contributed by atoms with van der Waals surface area (Å²) in [7, 11) is 0. The number of para-hydroxylation sites is 1. The van der Waals surface area contributed by atoms with Crippen LogP contribution in [-0.4, -0.2) is 19.4 Å². The van der Waals surface area contributed by atoms with Gasteiger partial charge in [0.05, 0.1) is 6.04 Å². The summed E-state index contributed by atoms with van der Waals surface area (Å²) in [6, 6.07) is 18.0. The average molecular weight is 488 g/mol. The van der Waals surface area contributed by atoms with Crippen LogP contribution in [0.2, 0.25) is 0 Å². The van der Waals surface area contributed by atoms with Gasteiger partial charge in [-0.1, -0.05) is 47.6 Å². The van der Waals surface area contributed by atoms with Crippen molar-refractivity contribution >= 4 is 22.3 Å². The molecule has 0 saturated heterocycles. The Hall–Kier alpha value is -2.88.